The number of carbonyl (C=O) groups is 1. The number of hydrogen-bond acceptors (Lipinski definition) is 4. The molecule has 0 amide bonds. The summed E-state index contributed by atoms with van der Waals surface area (Å²) in [6, 6.07) is 1.79. The second-order valence-electron chi connectivity index (χ2n) is 4.04. The highest BCUT2D eigenvalue weighted by molar-refractivity contribution is 5.87. The zero-order chi connectivity index (χ0) is 12.9. The van der Waals surface area contributed by atoms with E-state index in [-0.39, 0.29) is 5.69 Å². The third kappa shape index (κ3) is 1.41. The minimum atomic E-state index is -1.04. The second-order valence-corrected chi connectivity index (χ2v) is 4.04. The maximum atomic E-state index is 10.9. The molecule has 0 aliphatic rings. The molecule has 0 aliphatic carbocycles. The number of aromatic nitrogens is 4. The van der Waals surface area contributed by atoms with Gasteiger partial charge in [0.25, 0.3) is 0 Å². The predicted octanol–water partition coefficient (Wildman–Crippen LogP) is 1.63. The van der Waals surface area contributed by atoms with Gasteiger partial charge in [-0.1, -0.05) is 5.16 Å². The summed E-state index contributed by atoms with van der Waals surface area (Å²) >= 11 is 0. The van der Waals surface area contributed by atoms with Gasteiger partial charge < -0.3 is 14.6 Å². The zero-order valence-corrected chi connectivity index (χ0v) is 9.76. The Labute approximate surface area is 101 Å². The van der Waals surface area contributed by atoms with Gasteiger partial charge in [-0.05, 0) is 13.8 Å². The molecule has 0 bridgehead atoms. The molecule has 0 saturated heterocycles. The summed E-state index contributed by atoms with van der Waals surface area (Å²) in [4.78, 5) is 17.9. The van der Waals surface area contributed by atoms with E-state index in [0.717, 1.165) is 5.69 Å². The first kappa shape index (κ1) is 10.6. The van der Waals surface area contributed by atoms with Crippen molar-refractivity contribution in [2.75, 3.05) is 0 Å². The monoisotopic (exact) mass is 246 g/mol. The number of aromatic carboxylic acids is 1. The smallest absolute Gasteiger partial charge is 0.356 e. The number of hydrogen-bond donors (Lipinski definition) is 2. The van der Waals surface area contributed by atoms with Crippen molar-refractivity contribution >= 4 is 11.7 Å². The summed E-state index contributed by atoms with van der Waals surface area (Å²) in [7, 11) is 0. The quantitative estimate of drug-likeness (QED) is 0.716. The fourth-order valence-electron chi connectivity index (χ4n) is 1.86. The number of carboxylic acid groups (broad SMARTS) is 1. The molecule has 3 aromatic heterocycles. The topological polar surface area (TPSA) is 96.4 Å². The highest BCUT2D eigenvalue weighted by Gasteiger charge is 2.17. The second kappa shape index (κ2) is 3.46. The lowest BCUT2D eigenvalue weighted by atomic mass is 10.3. The van der Waals surface area contributed by atoms with Gasteiger partial charge in [-0.25, -0.2) is 9.78 Å². The number of imidazole rings is 2. The third-order valence-electron chi connectivity index (χ3n) is 2.75. The van der Waals surface area contributed by atoms with E-state index in [9.17, 15) is 4.79 Å². The molecule has 3 aromatic rings. The van der Waals surface area contributed by atoms with Crippen LogP contribution in [0, 0.1) is 13.8 Å². The van der Waals surface area contributed by atoms with Crippen LogP contribution >= 0.6 is 0 Å². The Balaban J connectivity index is 2.16. The molecule has 0 radical (unpaired) electrons. The van der Waals surface area contributed by atoms with Crippen LogP contribution in [0.4, 0.5) is 0 Å². The highest BCUT2D eigenvalue weighted by atomic mass is 16.5. The molecule has 3 rings (SSSR count). The van der Waals surface area contributed by atoms with E-state index in [4.69, 9.17) is 9.63 Å². The van der Waals surface area contributed by atoms with Crippen LogP contribution in [0.5, 0.6) is 0 Å². The van der Waals surface area contributed by atoms with Gasteiger partial charge in [0.1, 0.15) is 5.69 Å². The molecule has 0 unspecified atom stereocenters. The van der Waals surface area contributed by atoms with E-state index >= 15 is 0 Å². The SMILES string of the molecule is Cc1cc(-c2cn3c(C)c(C(=O)O)nc3[nH]2)on1. The average molecular weight is 246 g/mol. The van der Waals surface area contributed by atoms with Gasteiger partial charge in [-0.15, -0.1) is 0 Å². The van der Waals surface area contributed by atoms with Crippen LogP contribution in [-0.4, -0.2) is 30.6 Å². The fraction of sp³-hybridized carbons (Fsp3) is 0.182. The Hall–Kier alpha value is -2.57. The average Bonchev–Trinajstić information content (AvgIpc) is 2.95. The minimum Gasteiger partial charge on any atom is -0.476 e. The molecule has 18 heavy (non-hydrogen) atoms. The number of nitrogens with one attached hydrogen (secondary N) is 1. The van der Waals surface area contributed by atoms with Gasteiger partial charge >= 0.3 is 5.97 Å². The normalized spacial score (nSPS) is 11.2. The van der Waals surface area contributed by atoms with E-state index in [1.165, 1.54) is 0 Å². The maximum absolute atomic E-state index is 10.9. The molecule has 92 valence electrons. The van der Waals surface area contributed by atoms with E-state index in [0.29, 0.717) is 22.9 Å². The van der Waals surface area contributed by atoms with Crippen LogP contribution in [0.25, 0.3) is 17.2 Å². The van der Waals surface area contributed by atoms with Crippen molar-refractivity contribution in [2.24, 2.45) is 0 Å². The summed E-state index contributed by atoms with van der Waals surface area (Å²) in [5, 5.41) is 12.8. The van der Waals surface area contributed by atoms with Gasteiger partial charge in [0.2, 0.25) is 5.78 Å². The molecule has 0 aliphatic heterocycles. The van der Waals surface area contributed by atoms with Crippen molar-refractivity contribution in [1.29, 1.82) is 0 Å². The highest BCUT2D eigenvalue weighted by Crippen LogP contribution is 2.21. The number of fused-ring (bicyclic) bond motifs is 1. The van der Waals surface area contributed by atoms with Gasteiger partial charge in [0, 0.05) is 12.3 Å². The van der Waals surface area contributed by atoms with Crippen molar-refractivity contribution < 1.29 is 14.4 Å². The van der Waals surface area contributed by atoms with Crippen LogP contribution in [0.1, 0.15) is 21.9 Å². The first-order chi connectivity index (χ1) is 8.56. The molecule has 0 fully saturated rings. The summed E-state index contributed by atoms with van der Waals surface area (Å²) in [5.41, 5.74) is 2.09. The first-order valence-corrected chi connectivity index (χ1v) is 5.31. The lowest BCUT2D eigenvalue weighted by Gasteiger charge is -1.90. The van der Waals surface area contributed by atoms with E-state index in [1.54, 1.807) is 23.6 Å². The molecular formula is C11H10N4O3. The van der Waals surface area contributed by atoms with Gasteiger partial charge in [0.15, 0.2) is 11.5 Å². The van der Waals surface area contributed by atoms with E-state index < -0.39 is 5.97 Å². The largest absolute Gasteiger partial charge is 0.476 e. The molecule has 0 aromatic carbocycles. The number of rotatable bonds is 2. The minimum absolute atomic E-state index is 0.0431. The van der Waals surface area contributed by atoms with Crippen molar-refractivity contribution in [1.82, 2.24) is 19.5 Å². The van der Waals surface area contributed by atoms with Gasteiger partial charge in [-0.2, -0.15) is 0 Å². The lowest BCUT2D eigenvalue weighted by Crippen LogP contribution is -1.99. The molecule has 2 N–H and O–H groups in total. The van der Waals surface area contributed by atoms with Crippen LogP contribution in [0.15, 0.2) is 16.8 Å². The Morgan fingerprint density at radius 2 is 2.28 bits per heavy atom. The lowest BCUT2D eigenvalue weighted by molar-refractivity contribution is 0.0690. The summed E-state index contributed by atoms with van der Waals surface area (Å²) in [6.45, 7) is 3.53. The Bertz CT molecular complexity index is 750. The van der Waals surface area contributed by atoms with Crippen molar-refractivity contribution in [3.05, 3.63) is 29.3 Å². The zero-order valence-electron chi connectivity index (χ0n) is 9.76. The van der Waals surface area contributed by atoms with Crippen molar-refractivity contribution in [3.8, 4) is 11.5 Å². The van der Waals surface area contributed by atoms with Crippen LogP contribution in [-0.2, 0) is 0 Å². The van der Waals surface area contributed by atoms with Gasteiger partial charge in [0.05, 0.1) is 11.4 Å². The predicted molar refractivity (Wildman–Crippen MR) is 61.5 cm³/mol. The molecule has 7 nitrogen and oxygen atoms in total. The fourth-order valence-corrected chi connectivity index (χ4v) is 1.86. The molecular weight excluding hydrogens is 236 g/mol. The molecule has 3 heterocycles. The molecule has 0 saturated carbocycles. The van der Waals surface area contributed by atoms with E-state index in [1.807, 2.05) is 6.92 Å². The Kier molecular flexibility index (Phi) is 2.03. The maximum Gasteiger partial charge on any atom is 0.356 e. The number of nitrogens with zero attached hydrogens (tertiary/aromatic N) is 3. The molecule has 0 atom stereocenters. The van der Waals surface area contributed by atoms with Gasteiger partial charge in [-0.3, -0.25) is 4.40 Å². The standard InChI is InChI=1S/C11H10N4O3/c1-5-3-8(18-14-5)7-4-15-6(2)9(10(16)17)13-11(15)12-7/h3-4H,1-2H3,(H,12,13)(H,16,17). The summed E-state index contributed by atoms with van der Waals surface area (Å²) in [6.07, 6.45) is 1.74. The van der Waals surface area contributed by atoms with Crippen LogP contribution in [0.2, 0.25) is 0 Å². The summed E-state index contributed by atoms with van der Waals surface area (Å²) in [5.74, 6) is 0.0184. The Morgan fingerprint density at radius 1 is 1.50 bits per heavy atom. The van der Waals surface area contributed by atoms with Crippen LogP contribution in [0.3, 0.4) is 0 Å². The van der Waals surface area contributed by atoms with Crippen molar-refractivity contribution in [3.63, 3.8) is 0 Å². The first-order valence-electron chi connectivity index (χ1n) is 5.31. The number of aryl methyl sites for hydroxylation is 2. The Morgan fingerprint density at radius 3 is 2.83 bits per heavy atom. The molecule has 0 spiro atoms. The summed E-state index contributed by atoms with van der Waals surface area (Å²) < 4.78 is 6.81. The number of H-pyrrole nitrogens is 1. The van der Waals surface area contributed by atoms with E-state index in [2.05, 4.69) is 15.1 Å². The number of aromatic amines is 1. The van der Waals surface area contributed by atoms with Crippen molar-refractivity contribution in [2.45, 2.75) is 13.8 Å². The number of carboxylic acids is 1. The van der Waals surface area contributed by atoms with Crippen LogP contribution < -0.4 is 0 Å². The third-order valence-corrected chi connectivity index (χ3v) is 2.75. The molecule has 7 heteroatoms.